The van der Waals surface area contributed by atoms with Crippen molar-refractivity contribution in [3.05, 3.63) is 29.0 Å². The Kier molecular flexibility index (Phi) is 4.39. The van der Waals surface area contributed by atoms with Crippen LogP contribution in [0, 0.1) is 5.82 Å². The monoisotopic (exact) mass is 286 g/mol. The molecule has 1 aromatic carbocycles. The molecule has 1 heterocycles. The van der Waals surface area contributed by atoms with E-state index in [4.69, 9.17) is 16.7 Å². The number of benzene rings is 1. The molecule has 4 nitrogen and oxygen atoms in total. The van der Waals surface area contributed by atoms with Crippen molar-refractivity contribution in [3.63, 3.8) is 0 Å². The molecule has 0 saturated carbocycles. The van der Waals surface area contributed by atoms with Gasteiger partial charge in [-0.05, 0) is 31.7 Å². The maximum Gasteiger partial charge on any atom is 0.244 e. The lowest BCUT2D eigenvalue weighted by atomic mass is 10.2. The smallest absolute Gasteiger partial charge is 0.244 e. The van der Waals surface area contributed by atoms with Gasteiger partial charge in [-0.3, -0.25) is 9.69 Å². The van der Waals surface area contributed by atoms with Gasteiger partial charge in [0.2, 0.25) is 5.91 Å². The minimum absolute atomic E-state index is 0.00977. The summed E-state index contributed by atoms with van der Waals surface area (Å²) in [5.74, 6) is -0.600. The lowest BCUT2D eigenvalue weighted by Gasteiger charge is -2.23. The molecule has 1 unspecified atom stereocenters. The van der Waals surface area contributed by atoms with E-state index in [2.05, 4.69) is 0 Å². The van der Waals surface area contributed by atoms with Crippen molar-refractivity contribution in [2.75, 3.05) is 31.6 Å². The van der Waals surface area contributed by atoms with Gasteiger partial charge >= 0.3 is 0 Å². The summed E-state index contributed by atoms with van der Waals surface area (Å²) in [4.78, 5) is 15.6. The molecule has 1 amide bonds. The Hall–Kier alpha value is -1.17. The summed E-state index contributed by atoms with van der Waals surface area (Å²) in [6.07, 6.45) is 0.666. The molecule has 1 aliphatic rings. The van der Waals surface area contributed by atoms with Gasteiger partial charge in [-0.15, -0.1) is 0 Å². The van der Waals surface area contributed by atoms with Crippen molar-refractivity contribution in [2.45, 2.75) is 12.5 Å². The Morgan fingerprint density at radius 2 is 2.32 bits per heavy atom. The van der Waals surface area contributed by atoms with Crippen LogP contribution in [0.25, 0.3) is 0 Å². The molecule has 104 valence electrons. The van der Waals surface area contributed by atoms with Crippen LogP contribution in [0.15, 0.2) is 18.2 Å². The molecular weight excluding hydrogens is 271 g/mol. The highest BCUT2D eigenvalue weighted by Crippen LogP contribution is 2.27. The first-order chi connectivity index (χ1) is 9.04. The number of aliphatic hydroxyl groups excluding tert-OH is 1. The van der Waals surface area contributed by atoms with Crippen LogP contribution in [0.5, 0.6) is 0 Å². The van der Waals surface area contributed by atoms with Crippen LogP contribution in [0.4, 0.5) is 10.1 Å². The number of amides is 1. The van der Waals surface area contributed by atoms with E-state index in [0.29, 0.717) is 25.2 Å². The van der Waals surface area contributed by atoms with Crippen molar-refractivity contribution in [1.82, 2.24) is 4.90 Å². The van der Waals surface area contributed by atoms with Crippen LogP contribution in [0.2, 0.25) is 5.02 Å². The van der Waals surface area contributed by atoms with Crippen LogP contribution in [-0.4, -0.2) is 48.7 Å². The number of rotatable bonds is 4. The summed E-state index contributed by atoms with van der Waals surface area (Å²) in [5.41, 5.74) is 0.520. The average molecular weight is 287 g/mol. The van der Waals surface area contributed by atoms with Gasteiger partial charge in [0.25, 0.3) is 0 Å². The van der Waals surface area contributed by atoms with Gasteiger partial charge in [0.1, 0.15) is 5.82 Å². The lowest BCUT2D eigenvalue weighted by Crippen LogP contribution is -2.40. The Morgan fingerprint density at radius 3 is 2.95 bits per heavy atom. The Morgan fingerprint density at radius 1 is 1.58 bits per heavy atom. The number of anilines is 1. The summed E-state index contributed by atoms with van der Waals surface area (Å²) in [5, 5.41) is 8.95. The number of nitrogens with zero attached hydrogens (tertiary/aromatic N) is 2. The number of carbonyl (C=O) groups excluding carboxylic acids is 1. The van der Waals surface area contributed by atoms with E-state index in [0.717, 1.165) is 0 Å². The number of hydrogen-bond acceptors (Lipinski definition) is 3. The predicted octanol–water partition coefficient (Wildman–Crippen LogP) is 1.51. The van der Waals surface area contributed by atoms with Crippen LogP contribution in [0.1, 0.15) is 6.42 Å². The third kappa shape index (κ3) is 2.88. The molecular formula is C13H16ClFN2O2. The normalized spacial score (nSPS) is 19.5. The highest BCUT2D eigenvalue weighted by Gasteiger charge is 2.35. The maximum atomic E-state index is 13.4. The van der Waals surface area contributed by atoms with Gasteiger partial charge in [0.15, 0.2) is 0 Å². The fourth-order valence-electron chi connectivity index (χ4n) is 2.30. The molecule has 1 saturated heterocycles. The van der Waals surface area contributed by atoms with E-state index in [1.165, 1.54) is 12.1 Å². The van der Waals surface area contributed by atoms with Gasteiger partial charge in [-0.25, -0.2) is 4.39 Å². The quantitative estimate of drug-likeness (QED) is 0.912. The Balaban J connectivity index is 2.15. The molecule has 1 atom stereocenters. The SMILES string of the molecule is CN(CCO)C1CCN(c2ccc(Cl)c(F)c2)C1=O. The maximum absolute atomic E-state index is 13.4. The summed E-state index contributed by atoms with van der Waals surface area (Å²) in [7, 11) is 1.80. The number of hydrogen-bond donors (Lipinski definition) is 1. The third-order valence-corrected chi connectivity index (χ3v) is 3.68. The molecule has 2 rings (SSSR count). The van der Waals surface area contributed by atoms with Crippen molar-refractivity contribution >= 4 is 23.2 Å². The van der Waals surface area contributed by atoms with Crippen LogP contribution in [0.3, 0.4) is 0 Å². The van der Waals surface area contributed by atoms with E-state index >= 15 is 0 Å². The highest BCUT2D eigenvalue weighted by atomic mass is 35.5. The van der Waals surface area contributed by atoms with E-state index in [1.54, 1.807) is 18.0 Å². The fraction of sp³-hybridized carbons (Fsp3) is 0.462. The first kappa shape index (κ1) is 14.2. The van der Waals surface area contributed by atoms with E-state index in [1.807, 2.05) is 4.90 Å². The molecule has 1 fully saturated rings. The van der Waals surface area contributed by atoms with E-state index < -0.39 is 5.82 Å². The largest absolute Gasteiger partial charge is 0.395 e. The number of aliphatic hydroxyl groups is 1. The fourth-order valence-corrected chi connectivity index (χ4v) is 2.41. The van der Waals surface area contributed by atoms with Gasteiger partial charge < -0.3 is 10.0 Å². The minimum atomic E-state index is -0.529. The molecule has 0 aromatic heterocycles. The molecule has 19 heavy (non-hydrogen) atoms. The molecule has 0 bridgehead atoms. The highest BCUT2D eigenvalue weighted by molar-refractivity contribution is 6.30. The van der Waals surface area contributed by atoms with Crippen molar-refractivity contribution in [3.8, 4) is 0 Å². The van der Waals surface area contributed by atoms with E-state index in [9.17, 15) is 9.18 Å². The first-order valence-corrected chi connectivity index (χ1v) is 6.50. The topological polar surface area (TPSA) is 43.8 Å². The van der Waals surface area contributed by atoms with Gasteiger partial charge in [-0.1, -0.05) is 11.6 Å². The van der Waals surface area contributed by atoms with Gasteiger partial charge in [0.05, 0.1) is 17.7 Å². The lowest BCUT2D eigenvalue weighted by molar-refractivity contribution is -0.121. The predicted molar refractivity (Wildman–Crippen MR) is 71.9 cm³/mol. The number of likely N-dealkylation sites (N-methyl/N-ethyl adjacent to an activating group) is 1. The summed E-state index contributed by atoms with van der Waals surface area (Å²) < 4.78 is 13.4. The minimum Gasteiger partial charge on any atom is -0.395 e. The second-order valence-electron chi connectivity index (χ2n) is 4.60. The Bertz CT molecular complexity index is 484. The van der Waals surface area contributed by atoms with Crippen LogP contribution < -0.4 is 4.90 Å². The van der Waals surface area contributed by atoms with Crippen molar-refractivity contribution in [1.29, 1.82) is 0 Å². The molecule has 1 N–H and O–H groups in total. The summed E-state index contributed by atoms with van der Waals surface area (Å²) in [6.45, 7) is 0.995. The zero-order chi connectivity index (χ0) is 14.0. The van der Waals surface area contributed by atoms with Gasteiger partial charge in [0, 0.05) is 18.8 Å². The zero-order valence-electron chi connectivity index (χ0n) is 10.6. The van der Waals surface area contributed by atoms with Crippen molar-refractivity contribution in [2.24, 2.45) is 0 Å². The van der Waals surface area contributed by atoms with Crippen LogP contribution in [-0.2, 0) is 4.79 Å². The summed E-state index contributed by atoms with van der Waals surface area (Å²) in [6, 6.07) is 4.10. The van der Waals surface area contributed by atoms with Crippen molar-refractivity contribution < 1.29 is 14.3 Å². The molecule has 0 spiro atoms. The third-order valence-electron chi connectivity index (χ3n) is 3.38. The molecule has 6 heteroatoms. The average Bonchev–Trinajstić information content (AvgIpc) is 2.75. The first-order valence-electron chi connectivity index (χ1n) is 6.12. The standard InChI is InChI=1S/C13H16ClFN2O2/c1-16(6-7-18)12-4-5-17(13(12)19)9-2-3-10(14)11(15)8-9/h2-3,8,12,18H,4-7H2,1H3. The second kappa shape index (κ2) is 5.86. The number of carbonyl (C=O) groups is 1. The molecule has 1 aliphatic heterocycles. The van der Waals surface area contributed by atoms with Gasteiger partial charge in [-0.2, -0.15) is 0 Å². The molecule has 0 radical (unpaired) electrons. The van der Waals surface area contributed by atoms with E-state index in [-0.39, 0.29) is 23.6 Å². The zero-order valence-corrected chi connectivity index (χ0v) is 11.4. The summed E-state index contributed by atoms with van der Waals surface area (Å²) >= 11 is 5.63. The number of halogens is 2. The molecule has 1 aromatic rings. The molecule has 0 aliphatic carbocycles. The Labute approximate surface area is 116 Å². The second-order valence-corrected chi connectivity index (χ2v) is 5.00. The van der Waals surface area contributed by atoms with Crippen LogP contribution >= 0.6 is 11.6 Å².